The minimum Gasteiger partial charge on any atom is -0.167 e. The van der Waals surface area contributed by atoms with Crippen LogP contribution in [0.25, 0.3) is 3.58 Å². The SMILES string of the molecule is Cc1ccc(/C(I)=C/C(F)(F)F)cc1. The average Bonchev–Trinajstić information content (AvgIpc) is 2.02. The zero-order chi connectivity index (χ0) is 10.8. The van der Waals surface area contributed by atoms with E-state index in [4.69, 9.17) is 0 Å². The summed E-state index contributed by atoms with van der Waals surface area (Å²) in [5, 5.41) is 0. The van der Waals surface area contributed by atoms with Crippen LogP contribution in [0.1, 0.15) is 11.1 Å². The Morgan fingerprint density at radius 1 is 1.21 bits per heavy atom. The molecule has 0 aliphatic rings. The molecule has 0 radical (unpaired) electrons. The van der Waals surface area contributed by atoms with Crippen molar-refractivity contribution in [1.29, 1.82) is 0 Å². The van der Waals surface area contributed by atoms with Crippen molar-refractivity contribution in [3.63, 3.8) is 0 Å². The van der Waals surface area contributed by atoms with E-state index in [1.165, 1.54) is 0 Å². The molecule has 0 N–H and O–H groups in total. The lowest BCUT2D eigenvalue weighted by molar-refractivity contribution is -0.0791. The fourth-order valence-electron chi connectivity index (χ4n) is 0.940. The van der Waals surface area contributed by atoms with Crippen LogP contribution in [0.15, 0.2) is 30.3 Å². The van der Waals surface area contributed by atoms with Crippen molar-refractivity contribution < 1.29 is 13.2 Å². The molecule has 0 spiro atoms. The number of aryl methyl sites for hydroxylation is 1. The van der Waals surface area contributed by atoms with Crippen LogP contribution < -0.4 is 0 Å². The summed E-state index contributed by atoms with van der Waals surface area (Å²) in [6.45, 7) is 1.89. The van der Waals surface area contributed by atoms with Gasteiger partial charge in [0.1, 0.15) is 0 Å². The molecular formula is C10H8F3I. The lowest BCUT2D eigenvalue weighted by Gasteiger charge is -2.03. The molecule has 0 saturated carbocycles. The zero-order valence-electron chi connectivity index (χ0n) is 7.40. The van der Waals surface area contributed by atoms with Crippen LogP contribution >= 0.6 is 22.6 Å². The van der Waals surface area contributed by atoms with E-state index >= 15 is 0 Å². The molecule has 0 fully saturated rings. The Bertz CT molecular complexity index is 335. The van der Waals surface area contributed by atoms with Gasteiger partial charge in [0.25, 0.3) is 0 Å². The van der Waals surface area contributed by atoms with Crippen molar-refractivity contribution in [3.8, 4) is 0 Å². The standard InChI is InChI=1S/C10H8F3I/c1-7-2-4-8(5-3-7)9(14)6-10(11,12)13/h2-6H,1H3/b9-6-. The molecule has 1 aromatic carbocycles. The van der Waals surface area contributed by atoms with E-state index in [1.54, 1.807) is 46.9 Å². The quantitative estimate of drug-likeness (QED) is 0.677. The molecule has 76 valence electrons. The molecule has 0 unspecified atom stereocenters. The fourth-order valence-corrected chi connectivity index (χ4v) is 1.65. The predicted octanol–water partition coefficient (Wildman–Crippen LogP) is 4.33. The van der Waals surface area contributed by atoms with Gasteiger partial charge in [-0.15, -0.1) is 0 Å². The van der Waals surface area contributed by atoms with E-state index < -0.39 is 6.18 Å². The third-order valence-electron chi connectivity index (χ3n) is 1.62. The molecule has 1 rings (SSSR count). The average molecular weight is 312 g/mol. The summed E-state index contributed by atoms with van der Waals surface area (Å²) in [5.41, 5.74) is 1.62. The van der Waals surface area contributed by atoms with Crippen LogP contribution in [0.3, 0.4) is 0 Å². The van der Waals surface area contributed by atoms with Gasteiger partial charge < -0.3 is 0 Å². The highest BCUT2D eigenvalue weighted by atomic mass is 127. The van der Waals surface area contributed by atoms with Crippen LogP contribution in [-0.2, 0) is 0 Å². The number of rotatable bonds is 1. The molecule has 0 bridgehead atoms. The van der Waals surface area contributed by atoms with E-state index in [9.17, 15) is 13.2 Å². The van der Waals surface area contributed by atoms with E-state index in [1.807, 2.05) is 6.92 Å². The maximum Gasteiger partial charge on any atom is 0.410 e. The number of halogens is 4. The van der Waals surface area contributed by atoms with Gasteiger partial charge in [0.05, 0.1) is 0 Å². The van der Waals surface area contributed by atoms with Crippen molar-refractivity contribution in [3.05, 3.63) is 41.5 Å². The van der Waals surface area contributed by atoms with Gasteiger partial charge in [0, 0.05) is 9.66 Å². The maximum atomic E-state index is 12.0. The van der Waals surface area contributed by atoms with Gasteiger partial charge in [-0.25, -0.2) is 0 Å². The predicted molar refractivity (Wildman–Crippen MR) is 59.2 cm³/mol. The van der Waals surface area contributed by atoms with E-state index in [0.29, 0.717) is 11.6 Å². The molecular weight excluding hydrogens is 304 g/mol. The van der Waals surface area contributed by atoms with E-state index in [0.717, 1.165) is 5.56 Å². The molecule has 14 heavy (non-hydrogen) atoms. The molecule has 0 amide bonds. The summed E-state index contributed by atoms with van der Waals surface area (Å²) in [6, 6.07) is 6.94. The molecule has 1 aromatic rings. The maximum absolute atomic E-state index is 12.0. The van der Waals surface area contributed by atoms with Crippen molar-refractivity contribution in [1.82, 2.24) is 0 Å². The first-order chi connectivity index (χ1) is 6.38. The van der Waals surface area contributed by atoms with Crippen LogP contribution in [0, 0.1) is 6.92 Å². The molecule has 0 saturated heterocycles. The van der Waals surface area contributed by atoms with Gasteiger partial charge in [0.2, 0.25) is 0 Å². The number of alkyl halides is 3. The summed E-state index contributed by atoms with van der Waals surface area (Å²) in [5.74, 6) is 0. The molecule has 0 aliphatic carbocycles. The van der Waals surface area contributed by atoms with Gasteiger partial charge in [-0.05, 0) is 35.1 Å². The van der Waals surface area contributed by atoms with Crippen molar-refractivity contribution in [2.45, 2.75) is 13.1 Å². The Hall–Kier alpha value is -0.520. The number of benzene rings is 1. The zero-order valence-corrected chi connectivity index (χ0v) is 9.56. The van der Waals surface area contributed by atoms with Gasteiger partial charge in [-0.3, -0.25) is 0 Å². The van der Waals surface area contributed by atoms with Gasteiger partial charge in [-0.1, -0.05) is 29.8 Å². The summed E-state index contributed by atoms with van der Waals surface area (Å²) in [6.07, 6.45) is -3.94. The first-order valence-corrected chi connectivity index (χ1v) is 4.98. The number of allylic oxidation sites excluding steroid dienone is 1. The third kappa shape index (κ3) is 3.69. The fraction of sp³-hybridized carbons (Fsp3) is 0.200. The minimum absolute atomic E-state index is 0.204. The molecule has 0 heterocycles. The lowest BCUT2D eigenvalue weighted by atomic mass is 10.1. The first kappa shape index (κ1) is 11.6. The lowest BCUT2D eigenvalue weighted by Crippen LogP contribution is -2.01. The van der Waals surface area contributed by atoms with E-state index in [-0.39, 0.29) is 3.58 Å². The first-order valence-electron chi connectivity index (χ1n) is 3.90. The third-order valence-corrected chi connectivity index (χ3v) is 2.55. The smallest absolute Gasteiger partial charge is 0.167 e. The van der Waals surface area contributed by atoms with E-state index in [2.05, 4.69) is 0 Å². The van der Waals surface area contributed by atoms with Crippen LogP contribution in [0.5, 0.6) is 0 Å². The Morgan fingerprint density at radius 3 is 2.14 bits per heavy atom. The number of hydrogen-bond acceptors (Lipinski definition) is 0. The normalized spacial score (nSPS) is 13.1. The molecule has 4 heteroatoms. The van der Waals surface area contributed by atoms with Crippen LogP contribution in [0.2, 0.25) is 0 Å². The summed E-state index contributed by atoms with van der Waals surface area (Å²) < 4.78 is 36.2. The van der Waals surface area contributed by atoms with Crippen LogP contribution in [-0.4, -0.2) is 6.18 Å². The van der Waals surface area contributed by atoms with Gasteiger partial charge >= 0.3 is 6.18 Å². The summed E-state index contributed by atoms with van der Waals surface area (Å²) >= 11 is 1.69. The summed E-state index contributed by atoms with van der Waals surface area (Å²) in [4.78, 5) is 0. The molecule has 0 nitrogen and oxygen atoms in total. The molecule has 0 aromatic heterocycles. The van der Waals surface area contributed by atoms with Crippen molar-refractivity contribution in [2.24, 2.45) is 0 Å². The summed E-state index contributed by atoms with van der Waals surface area (Å²) in [7, 11) is 0. The Morgan fingerprint density at radius 2 is 1.71 bits per heavy atom. The Kier molecular flexibility index (Phi) is 3.58. The molecule has 0 atom stereocenters. The Balaban J connectivity index is 2.95. The highest BCUT2D eigenvalue weighted by Gasteiger charge is 2.24. The van der Waals surface area contributed by atoms with Gasteiger partial charge in [0.15, 0.2) is 0 Å². The second kappa shape index (κ2) is 4.33. The minimum atomic E-state index is -4.25. The Labute approximate surface area is 94.0 Å². The topological polar surface area (TPSA) is 0 Å². The second-order valence-corrected chi connectivity index (χ2v) is 4.06. The monoisotopic (exact) mass is 312 g/mol. The van der Waals surface area contributed by atoms with Crippen LogP contribution in [0.4, 0.5) is 13.2 Å². The highest BCUT2D eigenvalue weighted by molar-refractivity contribution is 14.1. The van der Waals surface area contributed by atoms with Gasteiger partial charge in [-0.2, -0.15) is 13.2 Å². The second-order valence-electron chi connectivity index (χ2n) is 2.90. The number of hydrogen-bond donors (Lipinski definition) is 0. The molecule has 0 aliphatic heterocycles. The largest absolute Gasteiger partial charge is 0.410 e. The highest BCUT2D eigenvalue weighted by Crippen LogP contribution is 2.28. The van der Waals surface area contributed by atoms with Crippen molar-refractivity contribution >= 4 is 26.2 Å². The van der Waals surface area contributed by atoms with Crippen molar-refractivity contribution in [2.75, 3.05) is 0 Å².